The molecule has 1 amide bonds. The summed E-state index contributed by atoms with van der Waals surface area (Å²) in [5.41, 5.74) is 2.33. The molecule has 0 bridgehead atoms. The number of aromatic nitrogens is 1. The lowest BCUT2D eigenvalue weighted by Crippen LogP contribution is -2.11. The van der Waals surface area contributed by atoms with Crippen molar-refractivity contribution in [3.63, 3.8) is 0 Å². The number of amides is 1. The third kappa shape index (κ3) is 3.78. The molecule has 1 heterocycles. The molecule has 23 heavy (non-hydrogen) atoms. The van der Waals surface area contributed by atoms with Gasteiger partial charge in [-0.25, -0.2) is 4.98 Å². The summed E-state index contributed by atoms with van der Waals surface area (Å²) in [5, 5.41) is 5.29. The molecule has 6 heteroatoms. The van der Waals surface area contributed by atoms with Crippen molar-refractivity contribution in [2.24, 2.45) is 0 Å². The number of carbonyl (C=O) groups is 1. The fourth-order valence-corrected chi connectivity index (χ4v) is 3.16. The Morgan fingerprint density at radius 2 is 2.04 bits per heavy atom. The van der Waals surface area contributed by atoms with Crippen molar-refractivity contribution in [3.8, 4) is 17.0 Å². The quantitative estimate of drug-likeness (QED) is 0.695. The first-order valence-corrected chi connectivity index (χ1v) is 8.50. The normalized spacial score (nSPS) is 10.3. The van der Waals surface area contributed by atoms with Crippen molar-refractivity contribution in [1.29, 1.82) is 0 Å². The molecule has 3 aromatic rings. The third-order valence-corrected chi connectivity index (χ3v) is 4.43. The predicted molar refractivity (Wildman–Crippen MR) is 96.2 cm³/mol. The second-order valence-electron chi connectivity index (χ2n) is 4.73. The van der Waals surface area contributed by atoms with Crippen molar-refractivity contribution in [3.05, 3.63) is 63.9 Å². The highest BCUT2D eigenvalue weighted by Gasteiger charge is 2.10. The zero-order chi connectivity index (χ0) is 16.2. The van der Waals surface area contributed by atoms with Crippen molar-refractivity contribution in [2.75, 3.05) is 12.4 Å². The SMILES string of the molecule is COc1cccc(-c2csc(NC(=O)c3cccc(Br)c3)n2)c1. The highest BCUT2D eigenvalue weighted by Crippen LogP contribution is 2.27. The molecule has 0 fully saturated rings. The minimum absolute atomic E-state index is 0.183. The Labute approximate surface area is 146 Å². The number of thiazole rings is 1. The first-order chi connectivity index (χ1) is 11.2. The summed E-state index contributed by atoms with van der Waals surface area (Å²) in [6, 6.07) is 14.9. The van der Waals surface area contributed by atoms with Crippen LogP contribution in [0.3, 0.4) is 0 Å². The van der Waals surface area contributed by atoms with Gasteiger partial charge in [-0.2, -0.15) is 0 Å². The Hall–Kier alpha value is -2.18. The van der Waals surface area contributed by atoms with E-state index in [9.17, 15) is 4.79 Å². The van der Waals surface area contributed by atoms with E-state index >= 15 is 0 Å². The summed E-state index contributed by atoms with van der Waals surface area (Å²) in [5.74, 6) is 0.591. The van der Waals surface area contributed by atoms with E-state index in [4.69, 9.17) is 4.74 Å². The fraction of sp³-hybridized carbons (Fsp3) is 0.0588. The largest absolute Gasteiger partial charge is 0.497 e. The molecule has 3 rings (SSSR count). The van der Waals surface area contributed by atoms with E-state index in [1.807, 2.05) is 41.8 Å². The van der Waals surface area contributed by atoms with Crippen LogP contribution in [-0.2, 0) is 0 Å². The Morgan fingerprint density at radius 3 is 2.83 bits per heavy atom. The van der Waals surface area contributed by atoms with Crippen molar-refractivity contribution < 1.29 is 9.53 Å². The molecule has 0 atom stereocenters. The molecule has 0 saturated heterocycles. The topological polar surface area (TPSA) is 51.2 Å². The maximum absolute atomic E-state index is 12.2. The number of hydrogen-bond acceptors (Lipinski definition) is 4. The highest BCUT2D eigenvalue weighted by atomic mass is 79.9. The van der Waals surface area contributed by atoms with Gasteiger partial charge in [0.05, 0.1) is 12.8 Å². The number of nitrogens with one attached hydrogen (secondary N) is 1. The van der Waals surface area contributed by atoms with Gasteiger partial charge in [-0.1, -0.05) is 34.1 Å². The van der Waals surface area contributed by atoms with E-state index in [2.05, 4.69) is 26.2 Å². The number of carbonyl (C=O) groups excluding carboxylic acids is 1. The van der Waals surface area contributed by atoms with Gasteiger partial charge in [-0.05, 0) is 30.3 Å². The van der Waals surface area contributed by atoms with Crippen molar-refractivity contribution >= 4 is 38.3 Å². The molecule has 4 nitrogen and oxygen atoms in total. The number of hydrogen-bond donors (Lipinski definition) is 1. The van der Waals surface area contributed by atoms with Crippen LogP contribution in [-0.4, -0.2) is 18.0 Å². The van der Waals surface area contributed by atoms with Crippen LogP contribution >= 0.6 is 27.3 Å². The van der Waals surface area contributed by atoms with Crippen LogP contribution in [0.5, 0.6) is 5.75 Å². The van der Waals surface area contributed by atoms with Gasteiger partial charge in [0.1, 0.15) is 5.75 Å². The zero-order valence-corrected chi connectivity index (χ0v) is 14.6. The van der Waals surface area contributed by atoms with Crippen LogP contribution in [0.4, 0.5) is 5.13 Å². The van der Waals surface area contributed by atoms with Crippen molar-refractivity contribution in [1.82, 2.24) is 4.98 Å². The van der Waals surface area contributed by atoms with Crippen LogP contribution in [0.15, 0.2) is 58.4 Å². The summed E-state index contributed by atoms with van der Waals surface area (Å²) >= 11 is 4.75. The van der Waals surface area contributed by atoms with Gasteiger partial charge >= 0.3 is 0 Å². The second-order valence-corrected chi connectivity index (χ2v) is 6.51. The molecule has 0 aliphatic heterocycles. The molecule has 1 aromatic heterocycles. The van der Waals surface area contributed by atoms with E-state index in [0.717, 1.165) is 21.5 Å². The van der Waals surface area contributed by atoms with Gasteiger partial charge in [-0.3, -0.25) is 10.1 Å². The lowest BCUT2D eigenvalue weighted by atomic mass is 10.2. The number of ether oxygens (including phenoxy) is 1. The predicted octanol–water partition coefficient (Wildman–Crippen LogP) is 4.83. The Balaban J connectivity index is 1.78. The van der Waals surface area contributed by atoms with Gasteiger partial charge in [-0.15, -0.1) is 11.3 Å². The number of rotatable bonds is 4. The molecule has 0 spiro atoms. The van der Waals surface area contributed by atoms with Gasteiger partial charge in [0.15, 0.2) is 5.13 Å². The molecular formula is C17H13BrN2O2S. The zero-order valence-electron chi connectivity index (χ0n) is 12.2. The Morgan fingerprint density at radius 1 is 1.22 bits per heavy atom. The number of nitrogens with zero attached hydrogens (tertiary/aromatic N) is 1. The van der Waals surface area contributed by atoms with E-state index in [1.54, 1.807) is 19.2 Å². The molecule has 0 radical (unpaired) electrons. The standard InChI is InChI=1S/C17H13BrN2O2S/c1-22-14-7-3-4-11(9-14)15-10-23-17(19-15)20-16(21)12-5-2-6-13(18)8-12/h2-10H,1H3,(H,19,20,21). The summed E-state index contributed by atoms with van der Waals surface area (Å²) in [6.45, 7) is 0. The monoisotopic (exact) mass is 388 g/mol. The second kappa shape index (κ2) is 6.93. The van der Waals surface area contributed by atoms with Crippen LogP contribution < -0.4 is 10.1 Å². The van der Waals surface area contributed by atoms with E-state index < -0.39 is 0 Å². The first-order valence-electron chi connectivity index (χ1n) is 6.82. The summed E-state index contributed by atoms with van der Waals surface area (Å²) in [7, 11) is 1.63. The maximum atomic E-state index is 12.2. The third-order valence-electron chi connectivity index (χ3n) is 3.18. The number of anilines is 1. The van der Waals surface area contributed by atoms with Gasteiger partial charge in [0.25, 0.3) is 5.91 Å². The van der Waals surface area contributed by atoms with Gasteiger partial charge in [0.2, 0.25) is 0 Å². The lowest BCUT2D eigenvalue weighted by molar-refractivity contribution is 0.102. The number of halogens is 1. The molecule has 116 valence electrons. The van der Waals surface area contributed by atoms with E-state index in [-0.39, 0.29) is 5.91 Å². The van der Waals surface area contributed by atoms with Crippen LogP contribution in [0.2, 0.25) is 0 Å². The van der Waals surface area contributed by atoms with Gasteiger partial charge < -0.3 is 4.74 Å². The molecular weight excluding hydrogens is 376 g/mol. The van der Waals surface area contributed by atoms with Gasteiger partial charge in [0, 0.05) is 21.0 Å². The highest BCUT2D eigenvalue weighted by molar-refractivity contribution is 9.10. The summed E-state index contributed by atoms with van der Waals surface area (Å²) in [6.07, 6.45) is 0. The smallest absolute Gasteiger partial charge is 0.257 e. The average Bonchev–Trinajstić information content (AvgIpc) is 3.03. The molecule has 1 N–H and O–H groups in total. The minimum atomic E-state index is -0.183. The maximum Gasteiger partial charge on any atom is 0.257 e. The summed E-state index contributed by atoms with van der Waals surface area (Å²) in [4.78, 5) is 16.7. The minimum Gasteiger partial charge on any atom is -0.497 e. The van der Waals surface area contributed by atoms with E-state index in [0.29, 0.717) is 10.7 Å². The Kier molecular flexibility index (Phi) is 4.73. The first kappa shape index (κ1) is 15.7. The van der Waals surface area contributed by atoms with E-state index in [1.165, 1.54) is 11.3 Å². The Bertz CT molecular complexity index is 848. The average molecular weight is 389 g/mol. The molecule has 0 unspecified atom stereocenters. The van der Waals surface area contributed by atoms with Crippen LogP contribution in [0, 0.1) is 0 Å². The fourth-order valence-electron chi connectivity index (χ4n) is 2.05. The number of methoxy groups -OCH3 is 1. The van der Waals surface area contributed by atoms with Crippen LogP contribution in [0.1, 0.15) is 10.4 Å². The number of benzene rings is 2. The molecule has 0 saturated carbocycles. The molecule has 0 aliphatic rings. The van der Waals surface area contributed by atoms with Crippen LogP contribution in [0.25, 0.3) is 11.3 Å². The summed E-state index contributed by atoms with van der Waals surface area (Å²) < 4.78 is 6.08. The molecule has 0 aliphatic carbocycles. The van der Waals surface area contributed by atoms with Crippen molar-refractivity contribution in [2.45, 2.75) is 0 Å². The lowest BCUT2D eigenvalue weighted by Gasteiger charge is -2.03. The molecule has 2 aromatic carbocycles.